The molecule has 0 spiro atoms. The number of aromatic nitrogens is 4. The molecule has 1 aliphatic heterocycles. The molecule has 1 amide bonds. The third-order valence-electron chi connectivity index (χ3n) is 4.43. The molecule has 0 aliphatic carbocycles. The molecule has 30 heavy (non-hydrogen) atoms. The minimum absolute atomic E-state index is 0.128. The van der Waals surface area contributed by atoms with E-state index in [0.717, 1.165) is 11.3 Å². The number of carbonyl (C=O) groups is 1. The van der Waals surface area contributed by atoms with Gasteiger partial charge in [-0.05, 0) is 42.5 Å². The van der Waals surface area contributed by atoms with E-state index in [-0.39, 0.29) is 18.6 Å². The van der Waals surface area contributed by atoms with Crippen molar-refractivity contribution in [3.63, 3.8) is 0 Å². The van der Waals surface area contributed by atoms with E-state index in [4.69, 9.17) is 21.1 Å². The molecule has 3 aromatic rings. The summed E-state index contributed by atoms with van der Waals surface area (Å²) in [6.07, 6.45) is 3.22. The van der Waals surface area contributed by atoms with Crippen LogP contribution in [0.2, 0.25) is 5.02 Å². The fourth-order valence-corrected chi connectivity index (χ4v) is 3.66. The first-order valence-electron chi connectivity index (χ1n) is 9.27. The standard InChI is InChI=1S/C19H19ClN6O3S/c1-12-10-28-8-7-26(12)16-15(3-2-6-21-16)17(27)23-18-24-25-19(30-18)29-11-14-5-4-13(20)9-22-14/h2-6,9,12H,7-8,10-11H2,1H3,(H,23,24,27)/t12-/m1/s1. The van der Waals surface area contributed by atoms with E-state index in [1.54, 1.807) is 36.7 Å². The van der Waals surface area contributed by atoms with Crippen LogP contribution < -0.4 is 15.0 Å². The van der Waals surface area contributed by atoms with Crippen LogP contribution in [0.3, 0.4) is 0 Å². The zero-order chi connectivity index (χ0) is 20.9. The van der Waals surface area contributed by atoms with Crippen molar-refractivity contribution >= 4 is 39.8 Å². The highest BCUT2D eigenvalue weighted by atomic mass is 35.5. The summed E-state index contributed by atoms with van der Waals surface area (Å²) in [5.74, 6) is 0.319. The first-order chi connectivity index (χ1) is 14.6. The van der Waals surface area contributed by atoms with Crippen molar-refractivity contribution in [2.75, 3.05) is 30.0 Å². The van der Waals surface area contributed by atoms with Gasteiger partial charge >= 0.3 is 0 Å². The molecule has 3 aromatic heterocycles. The molecule has 156 valence electrons. The first-order valence-corrected chi connectivity index (χ1v) is 10.5. The van der Waals surface area contributed by atoms with Gasteiger partial charge in [-0.25, -0.2) is 4.98 Å². The number of rotatable bonds is 6. The van der Waals surface area contributed by atoms with E-state index < -0.39 is 0 Å². The number of nitrogens with one attached hydrogen (secondary N) is 1. The molecule has 1 fully saturated rings. The molecule has 0 unspecified atom stereocenters. The van der Waals surface area contributed by atoms with E-state index >= 15 is 0 Å². The Morgan fingerprint density at radius 1 is 1.37 bits per heavy atom. The van der Waals surface area contributed by atoms with Crippen LogP contribution in [-0.2, 0) is 11.3 Å². The number of halogens is 1. The molecule has 0 saturated carbocycles. The lowest BCUT2D eigenvalue weighted by Gasteiger charge is -2.35. The van der Waals surface area contributed by atoms with Gasteiger partial charge < -0.3 is 14.4 Å². The van der Waals surface area contributed by atoms with Crippen LogP contribution in [0.25, 0.3) is 0 Å². The lowest BCUT2D eigenvalue weighted by molar-refractivity contribution is 0.0972. The van der Waals surface area contributed by atoms with Gasteiger partial charge in [0.05, 0.1) is 35.5 Å². The predicted octanol–water partition coefficient (Wildman–Crippen LogP) is 3.04. The molecule has 0 radical (unpaired) electrons. The van der Waals surface area contributed by atoms with Gasteiger partial charge in [0.15, 0.2) is 0 Å². The van der Waals surface area contributed by atoms with E-state index in [1.807, 2.05) is 6.92 Å². The molecular weight excluding hydrogens is 428 g/mol. The molecule has 1 atom stereocenters. The Labute approximate surface area is 182 Å². The zero-order valence-corrected chi connectivity index (χ0v) is 17.7. The fraction of sp³-hybridized carbons (Fsp3) is 0.316. The number of carbonyl (C=O) groups excluding carboxylic acids is 1. The van der Waals surface area contributed by atoms with Crippen molar-refractivity contribution in [3.05, 3.63) is 52.9 Å². The Morgan fingerprint density at radius 2 is 2.27 bits per heavy atom. The fourth-order valence-electron chi connectivity index (χ4n) is 2.96. The van der Waals surface area contributed by atoms with Gasteiger partial charge in [-0.15, -0.1) is 5.10 Å². The average molecular weight is 447 g/mol. The topological polar surface area (TPSA) is 102 Å². The van der Waals surface area contributed by atoms with Crippen molar-refractivity contribution in [2.45, 2.75) is 19.6 Å². The molecule has 0 aromatic carbocycles. The van der Waals surface area contributed by atoms with Gasteiger partial charge in [-0.3, -0.25) is 15.1 Å². The summed E-state index contributed by atoms with van der Waals surface area (Å²) < 4.78 is 11.1. The van der Waals surface area contributed by atoms with E-state index in [1.165, 1.54) is 0 Å². The van der Waals surface area contributed by atoms with Crippen LogP contribution in [0.15, 0.2) is 36.7 Å². The summed E-state index contributed by atoms with van der Waals surface area (Å²) in [7, 11) is 0. The van der Waals surface area contributed by atoms with Crippen LogP contribution in [0.1, 0.15) is 23.0 Å². The summed E-state index contributed by atoms with van der Waals surface area (Å²) >= 11 is 6.96. The normalized spacial score (nSPS) is 16.3. The van der Waals surface area contributed by atoms with Gasteiger partial charge in [-0.2, -0.15) is 0 Å². The predicted molar refractivity (Wildman–Crippen MR) is 113 cm³/mol. The molecule has 4 rings (SSSR count). The molecule has 9 nitrogen and oxygen atoms in total. The van der Waals surface area contributed by atoms with E-state index in [9.17, 15) is 4.79 Å². The minimum Gasteiger partial charge on any atom is -0.462 e. The molecule has 1 saturated heterocycles. The number of anilines is 2. The van der Waals surface area contributed by atoms with Gasteiger partial charge in [-0.1, -0.05) is 16.7 Å². The van der Waals surface area contributed by atoms with Gasteiger partial charge in [0.2, 0.25) is 5.13 Å². The molecular formula is C19H19ClN6O3S. The van der Waals surface area contributed by atoms with Crippen molar-refractivity contribution in [1.82, 2.24) is 20.2 Å². The third kappa shape index (κ3) is 4.84. The number of hydrogen-bond acceptors (Lipinski definition) is 9. The SMILES string of the molecule is C[C@@H]1COCCN1c1ncccc1C(=O)Nc1nnc(OCc2ccc(Cl)cn2)s1. The Kier molecular flexibility index (Phi) is 6.36. The average Bonchev–Trinajstić information content (AvgIpc) is 3.21. The number of hydrogen-bond donors (Lipinski definition) is 1. The van der Waals surface area contributed by atoms with Crippen LogP contribution in [0, 0.1) is 0 Å². The zero-order valence-electron chi connectivity index (χ0n) is 16.1. The molecule has 1 aliphatic rings. The third-order valence-corrected chi connectivity index (χ3v) is 5.40. The number of ether oxygens (including phenoxy) is 2. The Balaban J connectivity index is 1.42. The van der Waals surface area contributed by atoms with Crippen LogP contribution in [0.5, 0.6) is 5.19 Å². The highest BCUT2D eigenvalue weighted by molar-refractivity contribution is 7.17. The molecule has 0 bridgehead atoms. The second-order valence-electron chi connectivity index (χ2n) is 6.58. The van der Waals surface area contributed by atoms with Gasteiger partial charge in [0, 0.05) is 18.9 Å². The summed E-state index contributed by atoms with van der Waals surface area (Å²) in [6, 6.07) is 7.10. The molecule has 4 heterocycles. The smallest absolute Gasteiger partial charge is 0.296 e. The first kappa shape index (κ1) is 20.5. The summed E-state index contributed by atoms with van der Waals surface area (Å²) in [5, 5.41) is 11.9. The Bertz CT molecular complexity index is 1020. The van der Waals surface area contributed by atoms with Crippen molar-refractivity contribution in [1.29, 1.82) is 0 Å². The number of amides is 1. The molecule has 1 N–H and O–H groups in total. The molecule has 11 heteroatoms. The van der Waals surface area contributed by atoms with Crippen LogP contribution >= 0.6 is 22.9 Å². The van der Waals surface area contributed by atoms with Crippen molar-refractivity contribution in [2.24, 2.45) is 0 Å². The summed E-state index contributed by atoms with van der Waals surface area (Å²) in [6.45, 7) is 4.13. The maximum absolute atomic E-state index is 12.9. The van der Waals surface area contributed by atoms with Crippen LogP contribution in [-0.4, -0.2) is 51.9 Å². The lowest BCUT2D eigenvalue weighted by Crippen LogP contribution is -2.45. The quantitative estimate of drug-likeness (QED) is 0.616. The maximum Gasteiger partial charge on any atom is 0.296 e. The lowest BCUT2D eigenvalue weighted by atomic mass is 10.2. The highest BCUT2D eigenvalue weighted by Crippen LogP contribution is 2.26. The minimum atomic E-state index is -0.307. The monoisotopic (exact) mass is 446 g/mol. The van der Waals surface area contributed by atoms with E-state index in [2.05, 4.69) is 30.4 Å². The summed E-state index contributed by atoms with van der Waals surface area (Å²) in [4.78, 5) is 23.5. The summed E-state index contributed by atoms with van der Waals surface area (Å²) in [5.41, 5.74) is 1.18. The second kappa shape index (κ2) is 9.33. The van der Waals surface area contributed by atoms with E-state index in [0.29, 0.717) is 52.2 Å². The van der Waals surface area contributed by atoms with Crippen molar-refractivity contribution < 1.29 is 14.3 Å². The number of pyridine rings is 2. The Morgan fingerprint density at radius 3 is 3.07 bits per heavy atom. The van der Waals surface area contributed by atoms with Gasteiger partial charge in [0.25, 0.3) is 11.1 Å². The Hall–Kier alpha value is -2.82. The highest BCUT2D eigenvalue weighted by Gasteiger charge is 2.25. The largest absolute Gasteiger partial charge is 0.462 e. The number of morpholine rings is 1. The number of nitrogens with zero attached hydrogens (tertiary/aromatic N) is 5. The maximum atomic E-state index is 12.9. The van der Waals surface area contributed by atoms with Crippen LogP contribution in [0.4, 0.5) is 10.9 Å². The van der Waals surface area contributed by atoms with Crippen molar-refractivity contribution in [3.8, 4) is 5.19 Å². The second-order valence-corrected chi connectivity index (χ2v) is 7.95. The van der Waals surface area contributed by atoms with Gasteiger partial charge in [0.1, 0.15) is 12.4 Å².